The minimum atomic E-state index is -0.288. The van der Waals surface area contributed by atoms with Gasteiger partial charge in [0.25, 0.3) is 0 Å². The summed E-state index contributed by atoms with van der Waals surface area (Å²) in [7, 11) is 0. The van der Waals surface area contributed by atoms with E-state index in [0.29, 0.717) is 12.5 Å². The van der Waals surface area contributed by atoms with Crippen molar-refractivity contribution in [1.29, 1.82) is 0 Å². The molecule has 1 heterocycles. The van der Waals surface area contributed by atoms with Gasteiger partial charge >= 0.3 is 0 Å². The van der Waals surface area contributed by atoms with Gasteiger partial charge in [-0.05, 0) is 25.8 Å². The minimum absolute atomic E-state index is 0.216. The van der Waals surface area contributed by atoms with Crippen LogP contribution in [0.4, 0.5) is 0 Å². The molecule has 2 N–H and O–H groups in total. The molecule has 3 nitrogen and oxygen atoms in total. The van der Waals surface area contributed by atoms with Crippen LogP contribution in [0.25, 0.3) is 0 Å². The molecule has 0 aromatic carbocycles. The van der Waals surface area contributed by atoms with Crippen molar-refractivity contribution < 1.29 is 10.2 Å². The molecular weight excluding hydrogens is 154 g/mol. The summed E-state index contributed by atoms with van der Waals surface area (Å²) in [5.41, 5.74) is 0. The Kier molecular flexibility index (Phi) is 3.50. The highest BCUT2D eigenvalue weighted by molar-refractivity contribution is 4.84. The second-order valence-electron chi connectivity index (χ2n) is 3.86. The van der Waals surface area contributed by atoms with Crippen LogP contribution in [-0.4, -0.2) is 47.0 Å². The number of hydrogen-bond donors (Lipinski definition) is 2. The first-order valence-corrected chi connectivity index (χ1v) is 4.68. The zero-order chi connectivity index (χ0) is 9.14. The molecule has 3 atom stereocenters. The van der Waals surface area contributed by atoms with Crippen molar-refractivity contribution in [2.45, 2.75) is 32.4 Å². The topological polar surface area (TPSA) is 43.7 Å². The molecular formula is C9H19NO2. The first-order chi connectivity index (χ1) is 5.65. The van der Waals surface area contributed by atoms with Gasteiger partial charge in [-0.3, -0.25) is 4.90 Å². The predicted octanol–water partition coefficient (Wildman–Crippen LogP) is 0.0699. The molecule has 12 heavy (non-hydrogen) atoms. The Hall–Kier alpha value is -0.120. The van der Waals surface area contributed by atoms with E-state index in [1.165, 1.54) is 0 Å². The van der Waals surface area contributed by atoms with Crippen LogP contribution in [0.15, 0.2) is 0 Å². The smallest absolute Gasteiger partial charge is 0.0639 e. The van der Waals surface area contributed by atoms with E-state index < -0.39 is 0 Å². The first-order valence-electron chi connectivity index (χ1n) is 4.68. The molecule has 0 amide bonds. The number of β-amino-alcohol motifs (C(OH)–C–C–N with tert-alkyl or cyclic N) is 1. The average molecular weight is 173 g/mol. The molecule has 72 valence electrons. The van der Waals surface area contributed by atoms with Crippen LogP contribution in [0.1, 0.15) is 20.3 Å². The lowest BCUT2D eigenvalue weighted by molar-refractivity contribution is 0.0851. The second kappa shape index (κ2) is 4.21. The molecule has 0 aromatic heterocycles. The SMILES string of the molecule is CC(O)CN1CCC(C)C1CO. The van der Waals surface area contributed by atoms with E-state index >= 15 is 0 Å². The number of rotatable bonds is 3. The minimum Gasteiger partial charge on any atom is -0.395 e. The Morgan fingerprint density at radius 1 is 1.58 bits per heavy atom. The van der Waals surface area contributed by atoms with Gasteiger partial charge in [-0.15, -0.1) is 0 Å². The molecule has 1 aliphatic heterocycles. The molecule has 0 aromatic rings. The summed E-state index contributed by atoms with van der Waals surface area (Å²) in [4.78, 5) is 2.18. The zero-order valence-electron chi connectivity index (χ0n) is 7.90. The number of aliphatic hydroxyl groups is 2. The fourth-order valence-electron chi connectivity index (χ4n) is 1.95. The zero-order valence-corrected chi connectivity index (χ0v) is 7.90. The van der Waals surface area contributed by atoms with E-state index in [-0.39, 0.29) is 18.8 Å². The van der Waals surface area contributed by atoms with E-state index in [4.69, 9.17) is 5.11 Å². The number of likely N-dealkylation sites (tertiary alicyclic amines) is 1. The molecule has 3 unspecified atom stereocenters. The molecule has 1 saturated heterocycles. The maximum absolute atomic E-state index is 9.19. The Bertz CT molecular complexity index is 138. The summed E-state index contributed by atoms with van der Waals surface area (Å²) >= 11 is 0. The third kappa shape index (κ3) is 2.19. The van der Waals surface area contributed by atoms with Crippen LogP contribution in [0.3, 0.4) is 0 Å². The normalized spacial score (nSPS) is 34.0. The highest BCUT2D eigenvalue weighted by Crippen LogP contribution is 2.23. The van der Waals surface area contributed by atoms with E-state index in [1.807, 2.05) is 0 Å². The maximum Gasteiger partial charge on any atom is 0.0639 e. The standard InChI is InChI=1S/C9H19NO2/c1-7-3-4-10(5-8(2)12)9(7)6-11/h7-9,11-12H,3-6H2,1-2H3. The van der Waals surface area contributed by atoms with Crippen LogP contribution in [0, 0.1) is 5.92 Å². The molecule has 0 spiro atoms. The first kappa shape index (κ1) is 9.96. The van der Waals surface area contributed by atoms with E-state index in [0.717, 1.165) is 13.0 Å². The fraction of sp³-hybridized carbons (Fsp3) is 1.00. The summed E-state index contributed by atoms with van der Waals surface area (Å²) in [5.74, 6) is 0.564. The molecule has 0 aliphatic carbocycles. The van der Waals surface area contributed by atoms with Crippen molar-refractivity contribution in [2.75, 3.05) is 19.7 Å². The van der Waals surface area contributed by atoms with Gasteiger partial charge in [0.1, 0.15) is 0 Å². The summed E-state index contributed by atoms with van der Waals surface area (Å²) < 4.78 is 0. The molecule has 0 bridgehead atoms. The van der Waals surface area contributed by atoms with E-state index in [1.54, 1.807) is 6.92 Å². The quantitative estimate of drug-likeness (QED) is 0.635. The third-order valence-corrected chi connectivity index (χ3v) is 2.68. The van der Waals surface area contributed by atoms with Crippen LogP contribution in [-0.2, 0) is 0 Å². The van der Waals surface area contributed by atoms with E-state index in [9.17, 15) is 5.11 Å². The van der Waals surface area contributed by atoms with Crippen molar-refractivity contribution in [1.82, 2.24) is 4.90 Å². The lowest BCUT2D eigenvalue weighted by Gasteiger charge is -2.25. The number of nitrogens with zero attached hydrogens (tertiary/aromatic N) is 1. The van der Waals surface area contributed by atoms with Crippen molar-refractivity contribution in [3.63, 3.8) is 0 Å². The van der Waals surface area contributed by atoms with Gasteiger partial charge in [0, 0.05) is 12.6 Å². The summed E-state index contributed by atoms with van der Waals surface area (Å²) in [5, 5.41) is 18.3. The van der Waals surface area contributed by atoms with Crippen LogP contribution < -0.4 is 0 Å². The van der Waals surface area contributed by atoms with Gasteiger partial charge in [0.05, 0.1) is 12.7 Å². The van der Waals surface area contributed by atoms with Crippen LogP contribution >= 0.6 is 0 Å². The monoisotopic (exact) mass is 173 g/mol. The van der Waals surface area contributed by atoms with Gasteiger partial charge in [0.2, 0.25) is 0 Å². The largest absolute Gasteiger partial charge is 0.395 e. The van der Waals surface area contributed by atoms with E-state index in [2.05, 4.69) is 11.8 Å². The van der Waals surface area contributed by atoms with Gasteiger partial charge in [-0.25, -0.2) is 0 Å². The molecule has 1 rings (SSSR count). The number of hydrogen-bond acceptors (Lipinski definition) is 3. The Morgan fingerprint density at radius 3 is 2.75 bits per heavy atom. The Morgan fingerprint density at radius 2 is 2.25 bits per heavy atom. The lowest BCUT2D eigenvalue weighted by atomic mass is 10.0. The molecule has 1 fully saturated rings. The van der Waals surface area contributed by atoms with Gasteiger partial charge < -0.3 is 10.2 Å². The summed E-state index contributed by atoms with van der Waals surface area (Å²) in [6.07, 6.45) is 0.849. The second-order valence-corrected chi connectivity index (χ2v) is 3.86. The third-order valence-electron chi connectivity index (χ3n) is 2.68. The van der Waals surface area contributed by atoms with Crippen molar-refractivity contribution in [3.05, 3.63) is 0 Å². The maximum atomic E-state index is 9.19. The highest BCUT2D eigenvalue weighted by atomic mass is 16.3. The van der Waals surface area contributed by atoms with Gasteiger partial charge in [-0.1, -0.05) is 6.92 Å². The molecule has 1 aliphatic rings. The van der Waals surface area contributed by atoms with Gasteiger partial charge in [0.15, 0.2) is 0 Å². The molecule has 0 radical (unpaired) electrons. The fourth-order valence-corrected chi connectivity index (χ4v) is 1.95. The van der Waals surface area contributed by atoms with Crippen molar-refractivity contribution in [3.8, 4) is 0 Å². The predicted molar refractivity (Wildman–Crippen MR) is 47.9 cm³/mol. The summed E-state index contributed by atoms with van der Waals surface area (Å²) in [6, 6.07) is 0.264. The number of aliphatic hydroxyl groups excluding tert-OH is 2. The Balaban J connectivity index is 2.43. The highest BCUT2D eigenvalue weighted by Gasteiger charge is 2.30. The van der Waals surface area contributed by atoms with Gasteiger partial charge in [-0.2, -0.15) is 0 Å². The Labute approximate surface area is 74.0 Å². The van der Waals surface area contributed by atoms with Crippen molar-refractivity contribution >= 4 is 0 Å². The van der Waals surface area contributed by atoms with Crippen LogP contribution in [0.2, 0.25) is 0 Å². The van der Waals surface area contributed by atoms with Crippen molar-refractivity contribution in [2.24, 2.45) is 5.92 Å². The average Bonchev–Trinajstić information content (AvgIpc) is 2.30. The van der Waals surface area contributed by atoms with Crippen LogP contribution in [0.5, 0.6) is 0 Å². The lowest BCUT2D eigenvalue weighted by Crippen LogP contribution is -2.39. The molecule has 3 heteroatoms. The molecule has 0 saturated carbocycles. The summed E-state index contributed by atoms with van der Waals surface area (Å²) in [6.45, 7) is 5.86.